The van der Waals surface area contributed by atoms with Crippen LogP contribution in [0.15, 0.2) is 30.3 Å². The number of carbonyl (C=O) groups is 1. The van der Waals surface area contributed by atoms with Crippen LogP contribution in [0.1, 0.15) is 32.3 Å². The van der Waals surface area contributed by atoms with Gasteiger partial charge < -0.3 is 9.47 Å². The fourth-order valence-electron chi connectivity index (χ4n) is 2.18. The third kappa shape index (κ3) is 3.33. The topological polar surface area (TPSA) is 35.5 Å². The van der Waals surface area contributed by atoms with Crippen molar-refractivity contribution in [1.29, 1.82) is 0 Å². The van der Waals surface area contributed by atoms with Gasteiger partial charge in [0.15, 0.2) is 0 Å². The van der Waals surface area contributed by atoms with Crippen molar-refractivity contribution in [2.24, 2.45) is 0 Å². The van der Waals surface area contributed by atoms with E-state index in [-0.39, 0.29) is 17.7 Å². The maximum Gasteiger partial charge on any atom is 0.306 e. The Morgan fingerprint density at radius 3 is 2.72 bits per heavy atom. The molecule has 1 fully saturated rings. The average Bonchev–Trinajstić information content (AvgIpc) is 2.68. The minimum absolute atomic E-state index is 0.110. The van der Waals surface area contributed by atoms with Crippen LogP contribution in [0.4, 0.5) is 0 Å². The summed E-state index contributed by atoms with van der Waals surface area (Å²) in [6.45, 7) is 4.61. The minimum Gasteiger partial charge on any atom is -0.459 e. The van der Waals surface area contributed by atoms with E-state index in [4.69, 9.17) is 9.47 Å². The Balaban J connectivity index is 1.79. The zero-order valence-corrected chi connectivity index (χ0v) is 11.0. The first-order valence-corrected chi connectivity index (χ1v) is 6.45. The molecule has 0 aromatic heterocycles. The number of carbonyl (C=O) groups excluding carboxylic acids is 1. The van der Waals surface area contributed by atoms with Crippen molar-refractivity contribution in [3.8, 4) is 0 Å². The molecule has 0 bridgehead atoms. The van der Waals surface area contributed by atoms with Crippen LogP contribution in [-0.2, 0) is 20.7 Å². The first kappa shape index (κ1) is 13.1. The van der Waals surface area contributed by atoms with Gasteiger partial charge in [0.1, 0.15) is 6.10 Å². The third-order valence-electron chi connectivity index (χ3n) is 3.36. The molecular formula is C15H20O3. The highest BCUT2D eigenvalue weighted by Crippen LogP contribution is 2.28. The van der Waals surface area contributed by atoms with Gasteiger partial charge in [-0.1, -0.05) is 30.3 Å². The molecule has 2 rings (SSSR count). The van der Waals surface area contributed by atoms with Gasteiger partial charge in [0.05, 0.1) is 12.2 Å². The molecule has 1 aliphatic rings. The lowest BCUT2D eigenvalue weighted by Gasteiger charge is -2.25. The summed E-state index contributed by atoms with van der Waals surface area (Å²) in [4.78, 5) is 11.8. The molecule has 18 heavy (non-hydrogen) atoms. The number of benzene rings is 1. The van der Waals surface area contributed by atoms with Gasteiger partial charge in [0.25, 0.3) is 0 Å². The quantitative estimate of drug-likeness (QED) is 0.609. The standard InChI is InChI=1S/C15H20O3/c1-15(2)13(10-11-17-15)18-14(16)9-8-12-6-4-3-5-7-12/h3-7,13H,8-11H2,1-2H3/i18+2. The molecule has 1 atom stereocenters. The van der Waals surface area contributed by atoms with Gasteiger partial charge in [-0.2, -0.15) is 0 Å². The fraction of sp³-hybridized carbons (Fsp3) is 0.533. The summed E-state index contributed by atoms with van der Waals surface area (Å²) in [6.07, 6.45) is 1.84. The molecule has 0 amide bonds. The number of hydrogen-bond donors (Lipinski definition) is 0. The van der Waals surface area contributed by atoms with Gasteiger partial charge in [-0.3, -0.25) is 4.79 Å². The Kier molecular flexibility index (Phi) is 4.02. The molecule has 1 aliphatic heterocycles. The maximum atomic E-state index is 11.8. The molecule has 98 valence electrons. The summed E-state index contributed by atoms with van der Waals surface area (Å²) in [5, 5.41) is 0. The normalized spacial score (nSPS) is 21.8. The minimum atomic E-state index is -0.345. The summed E-state index contributed by atoms with van der Waals surface area (Å²) in [5.74, 6) is -0.137. The van der Waals surface area contributed by atoms with Crippen molar-refractivity contribution in [2.75, 3.05) is 6.61 Å². The van der Waals surface area contributed by atoms with E-state index in [0.29, 0.717) is 13.0 Å². The third-order valence-corrected chi connectivity index (χ3v) is 3.36. The maximum absolute atomic E-state index is 11.8. The van der Waals surface area contributed by atoms with Crippen molar-refractivity contribution in [3.05, 3.63) is 35.9 Å². The number of esters is 1. The summed E-state index contributed by atoms with van der Waals surface area (Å²) in [6, 6.07) is 9.98. The molecule has 0 saturated carbocycles. The predicted molar refractivity (Wildman–Crippen MR) is 69.3 cm³/mol. The van der Waals surface area contributed by atoms with Crippen LogP contribution in [0.2, 0.25) is 0 Å². The average molecular weight is 250 g/mol. The second-order valence-electron chi connectivity index (χ2n) is 5.20. The van der Waals surface area contributed by atoms with E-state index < -0.39 is 0 Å². The molecule has 3 nitrogen and oxygen atoms in total. The van der Waals surface area contributed by atoms with Crippen LogP contribution in [0, 0.1) is 0 Å². The highest BCUT2D eigenvalue weighted by molar-refractivity contribution is 5.70. The Bertz CT molecular complexity index is 397. The Hall–Kier alpha value is -1.35. The lowest BCUT2D eigenvalue weighted by molar-refractivity contribution is -0.156. The van der Waals surface area contributed by atoms with Gasteiger partial charge >= 0.3 is 5.97 Å². The van der Waals surface area contributed by atoms with Crippen LogP contribution in [0.25, 0.3) is 0 Å². The number of hydrogen-bond acceptors (Lipinski definition) is 3. The van der Waals surface area contributed by atoms with E-state index in [9.17, 15) is 4.79 Å². The molecule has 0 aliphatic carbocycles. The first-order chi connectivity index (χ1) is 8.58. The molecule has 0 radical (unpaired) electrons. The van der Waals surface area contributed by atoms with E-state index in [0.717, 1.165) is 18.4 Å². The van der Waals surface area contributed by atoms with Crippen molar-refractivity contribution in [3.63, 3.8) is 0 Å². The molecule has 1 heterocycles. The SMILES string of the molecule is CC1(C)OCCC1[18O]C(=O)CCc1ccccc1. The van der Waals surface area contributed by atoms with Crippen molar-refractivity contribution < 1.29 is 14.3 Å². The zero-order valence-electron chi connectivity index (χ0n) is 11.0. The van der Waals surface area contributed by atoms with Crippen LogP contribution in [0.3, 0.4) is 0 Å². The van der Waals surface area contributed by atoms with E-state index in [1.807, 2.05) is 44.2 Å². The van der Waals surface area contributed by atoms with Gasteiger partial charge in [0, 0.05) is 12.8 Å². The zero-order chi connectivity index (χ0) is 13.0. The number of ether oxygens (including phenoxy) is 2. The summed E-state index contributed by atoms with van der Waals surface area (Å²) in [7, 11) is 0. The second kappa shape index (κ2) is 5.53. The number of aryl methyl sites for hydroxylation is 1. The summed E-state index contributed by atoms with van der Waals surface area (Å²) >= 11 is 0. The lowest BCUT2D eigenvalue weighted by Crippen LogP contribution is -2.35. The predicted octanol–water partition coefficient (Wildman–Crippen LogP) is 2.73. The molecule has 0 spiro atoms. The molecule has 1 aromatic rings. The van der Waals surface area contributed by atoms with Crippen molar-refractivity contribution >= 4 is 5.97 Å². The highest BCUT2D eigenvalue weighted by Gasteiger charge is 2.38. The largest absolute Gasteiger partial charge is 0.459 e. The highest BCUT2D eigenvalue weighted by atomic mass is 18.3. The Labute approximate surface area is 108 Å². The monoisotopic (exact) mass is 250 g/mol. The number of rotatable bonds is 4. The molecular weight excluding hydrogens is 230 g/mol. The van der Waals surface area contributed by atoms with Gasteiger partial charge in [-0.25, -0.2) is 0 Å². The van der Waals surface area contributed by atoms with E-state index >= 15 is 0 Å². The van der Waals surface area contributed by atoms with Crippen molar-refractivity contribution in [1.82, 2.24) is 0 Å². The van der Waals surface area contributed by atoms with Gasteiger partial charge in [-0.15, -0.1) is 0 Å². The van der Waals surface area contributed by atoms with Crippen LogP contribution in [-0.4, -0.2) is 24.3 Å². The van der Waals surface area contributed by atoms with Gasteiger partial charge in [-0.05, 0) is 25.8 Å². The van der Waals surface area contributed by atoms with E-state index in [1.54, 1.807) is 0 Å². The molecule has 1 saturated heterocycles. The Morgan fingerprint density at radius 2 is 2.11 bits per heavy atom. The molecule has 3 heteroatoms. The van der Waals surface area contributed by atoms with Crippen LogP contribution >= 0.6 is 0 Å². The molecule has 1 aromatic carbocycles. The smallest absolute Gasteiger partial charge is 0.306 e. The molecule has 1 unspecified atom stereocenters. The Morgan fingerprint density at radius 1 is 1.39 bits per heavy atom. The molecule has 0 N–H and O–H groups in total. The van der Waals surface area contributed by atoms with E-state index in [1.165, 1.54) is 0 Å². The summed E-state index contributed by atoms with van der Waals surface area (Å²) in [5.41, 5.74) is 0.818. The van der Waals surface area contributed by atoms with Crippen molar-refractivity contribution in [2.45, 2.75) is 44.8 Å². The summed E-state index contributed by atoms with van der Waals surface area (Å²) < 4.78 is 11.0. The fourth-order valence-corrected chi connectivity index (χ4v) is 2.18. The van der Waals surface area contributed by atoms with Crippen LogP contribution < -0.4 is 0 Å². The first-order valence-electron chi connectivity index (χ1n) is 6.45. The van der Waals surface area contributed by atoms with E-state index in [2.05, 4.69) is 0 Å². The lowest BCUT2D eigenvalue weighted by atomic mass is 10.0. The van der Waals surface area contributed by atoms with Crippen LogP contribution in [0.5, 0.6) is 0 Å². The second-order valence-corrected chi connectivity index (χ2v) is 5.20. The van der Waals surface area contributed by atoms with Gasteiger partial charge in [0.2, 0.25) is 0 Å².